The molecule has 0 radical (unpaired) electrons. The third-order valence-corrected chi connectivity index (χ3v) is 13.1. The normalized spacial score (nSPS) is 14.1. The summed E-state index contributed by atoms with van der Waals surface area (Å²) >= 11 is 0. The number of carbonyl (C=O) groups is 1. The summed E-state index contributed by atoms with van der Waals surface area (Å²) in [5.74, 6) is -0.595. The Morgan fingerprint density at radius 3 is 1.00 bits per heavy atom. The molecule has 0 aliphatic heterocycles. The fourth-order valence-electron chi connectivity index (χ4n) is 8.65. The molecule has 0 aromatic carbocycles. The zero-order valence-corrected chi connectivity index (χ0v) is 42.1. The van der Waals surface area contributed by atoms with Crippen LogP contribution >= 0.6 is 0 Å². The average molecular weight is 889 g/mol. The molecule has 0 aliphatic carbocycles. The molecule has 4 unspecified atom stereocenters. The van der Waals surface area contributed by atoms with Crippen molar-refractivity contribution in [3.63, 3.8) is 0 Å². The van der Waals surface area contributed by atoms with E-state index in [9.17, 15) is 25.2 Å². The van der Waals surface area contributed by atoms with Crippen molar-refractivity contribution in [3.8, 4) is 0 Å². The minimum absolute atomic E-state index is 0.360. The highest BCUT2D eigenvalue weighted by Gasteiger charge is 2.28. The maximum atomic E-state index is 12.6. The summed E-state index contributed by atoms with van der Waals surface area (Å²) in [6, 6.07) is -1.01. The zero-order valence-electron chi connectivity index (χ0n) is 42.1. The maximum Gasteiger partial charge on any atom is 0.249 e. The van der Waals surface area contributed by atoms with E-state index >= 15 is 0 Å². The molecule has 372 valence electrons. The van der Waals surface area contributed by atoms with Gasteiger partial charge in [0.2, 0.25) is 5.91 Å². The largest absolute Gasteiger partial charge is 0.394 e. The second-order valence-corrected chi connectivity index (χ2v) is 19.3. The number of allylic oxidation sites excluding steroid dienone is 6. The Labute approximate surface area is 392 Å². The molecule has 63 heavy (non-hydrogen) atoms. The number of nitrogens with one attached hydrogen (secondary N) is 1. The van der Waals surface area contributed by atoms with Gasteiger partial charge in [-0.2, -0.15) is 0 Å². The van der Waals surface area contributed by atoms with Crippen molar-refractivity contribution in [2.45, 2.75) is 314 Å². The summed E-state index contributed by atoms with van der Waals surface area (Å²) in [7, 11) is 0. The first-order valence-corrected chi connectivity index (χ1v) is 27.9. The van der Waals surface area contributed by atoms with E-state index in [2.05, 4.69) is 55.6 Å². The number of unbranched alkanes of at least 4 members (excludes halogenated alkanes) is 36. The standard InChI is InChI=1S/C57H109NO5/c1-3-5-7-9-11-13-15-17-19-21-23-25-26-27-28-29-30-31-33-35-37-39-41-43-45-47-49-51-55(61)57(63)58-53(52-59)56(62)54(60)50-48-46-44-42-40-38-36-34-32-24-22-20-18-16-14-12-10-8-6-4-2/h27-28,34,36,42,44,53-56,59-62H,3-26,29-33,35,37-41,43,45-52H2,1-2H3,(H,58,63)/b28-27-,36-34+,44-42+. The molecule has 0 saturated carbocycles. The lowest BCUT2D eigenvalue weighted by Crippen LogP contribution is -2.53. The highest BCUT2D eigenvalue weighted by molar-refractivity contribution is 5.80. The van der Waals surface area contributed by atoms with Crippen molar-refractivity contribution < 1.29 is 25.2 Å². The second kappa shape index (κ2) is 51.5. The number of aliphatic hydroxyl groups is 4. The number of amides is 1. The molecular formula is C57H109NO5. The third kappa shape index (κ3) is 45.5. The van der Waals surface area contributed by atoms with Gasteiger partial charge < -0.3 is 25.7 Å². The molecule has 0 aromatic heterocycles. The fraction of sp³-hybridized carbons (Fsp3) is 0.877. The van der Waals surface area contributed by atoms with Gasteiger partial charge in [0.1, 0.15) is 12.2 Å². The lowest BCUT2D eigenvalue weighted by molar-refractivity contribution is -0.132. The number of carbonyl (C=O) groups excluding carboxylic acids is 1. The lowest BCUT2D eigenvalue weighted by atomic mass is 10.00. The van der Waals surface area contributed by atoms with E-state index < -0.39 is 36.9 Å². The van der Waals surface area contributed by atoms with E-state index in [0.29, 0.717) is 19.3 Å². The Hall–Kier alpha value is -1.47. The molecular weight excluding hydrogens is 779 g/mol. The van der Waals surface area contributed by atoms with Gasteiger partial charge in [-0.1, -0.05) is 249 Å². The Bertz CT molecular complexity index is 997. The average Bonchev–Trinajstić information content (AvgIpc) is 3.29. The quantitative estimate of drug-likeness (QED) is 0.0309. The minimum Gasteiger partial charge on any atom is -0.394 e. The van der Waals surface area contributed by atoms with Crippen LogP contribution in [0, 0.1) is 0 Å². The molecule has 0 bridgehead atoms. The Balaban J connectivity index is 3.68. The van der Waals surface area contributed by atoms with Crippen LogP contribution in [-0.4, -0.2) is 57.3 Å². The number of rotatable bonds is 51. The van der Waals surface area contributed by atoms with E-state index in [4.69, 9.17) is 0 Å². The van der Waals surface area contributed by atoms with Gasteiger partial charge in [0.15, 0.2) is 0 Å². The van der Waals surface area contributed by atoms with Crippen LogP contribution in [-0.2, 0) is 4.79 Å². The molecule has 1 amide bonds. The van der Waals surface area contributed by atoms with Crippen molar-refractivity contribution in [3.05, 3.63) is 36.5 Å². The molecule has 0 fully saturated rings. The highest BCUT2D eigenvalue weighted by atomic mass is 16.3. The molecule has 0 aliphatic rings. The van der Waals surface area contributed by atoms with Gasteiger partial charge in [-0.05, 0) is 77.0 Å². The summed E-state index contributed by atoms with van der Waals surface area (Å²) in [6.45, 7) is 4.07. The Morgan fingerprint density at radius 1 is 0.381 bits per heavy atom. The lowest BCUT2D eigenvalue weighted by Gasteiger charge is -2.27. The van der Waals surface area contributed by atoms with Crippen LogP contribution < -0.4 is 5.32 Å². The first-order chi connectivity index (χ1) is 31.0. The van der Waals surface area contributed by atoms with E-state index in [1.165, 1.54) is 218 Å². The van der Waals surface area contributed by atoms with Crippen molar-refractivity contribution in [2.75, 3.05) is 6.61 Å². The smallest absolute Gasteiger partial charge is 0.249 e. The highest BCUT2D eigenvalue weighted by Crippen LogP contribution is 2.17. The van der Waals surface area contributed by atoms with Crippen LogP contribution in [0.25, 0.3) is 0 Å². The Morgan fingerprint density at radius 2 is 0.667 bits per heavy atom. The molecule has 0 saturated heterocycles. The summed E-state index contributed by atoms with van der Waals surface area (Å²) in [4.78, 5) is 12.6. The molecule has 4 atom stereocenters. The van der Waals surface area contributed by atoms with Gasteiger partial charge >= 0.3 is 0 Å². The van der Waals surface area contributed by atoms with Crippen molar-refractivity contribution in [1.82, 2.24) is 5.32 Å². The second-order valence-electron chi connectivity index (χ2n) is 19.3. The molecule has 0 rings (SSSR count). The van der Waals surface area contributed by atoms with Gasteiger partial charge in [0, 0.05) is 0 Å². The molecule has 6 nitrogen and oxygen atoms in total. The molecule has 6 heteroatoms. The van der Waals surface area contributed by atoms with Crippen molar-refractivity contribution in [1.29, 1.82) is 0 Å². The topological polar surface area (TPSA) is 110 Å². The van der Waals surface area contributed by atoms with Gasteiger partial charge in [-0.3, -0.25) is 4.79 Å². The van der Waals surface area contributed by atoms with E-state index in [1.54, 1.807) is 0 Å². The van der Waals surface area contributed by atoms with Crippen LogP contribution in [0.1, 0.15) is 290 Å². The summed E-state index contributed by atoms with van der Waals surface area (Å²) in [5.41, 5.74) is 0. The summed E-state index contributed by atoms with van der Waals surface area (Å²) in [5, 5.41) is 43.9. The minimum atomic E-state index is -1.29. The molecule has 0 spiro atoms. The molecule has 5 N–H and O–H groups in total. The first kappa shape index (κ1) is 61.5. The zero-order chi connectivity index (χ0) is 45.9. The van der Waals surface area contributed by atoms with E-state index in [-0.39, 0.29) is 0 Å². The first-order valence-electron chi connectivity index (χ1n) is 27.9. The van der Waals surface area contributed by atoms with Crippen molar-refractivity contribution in [2.24, 2.45) is 0 Å². The number of aliphatic hydroxyl groups excluding tert-OH is 4. The van der Waals surface area contributed by atoms with Crippen LogP contribution in [0.15, 0.2) is 36.5 Å². The SMILES string of the molecule is CCCCCCCCCCCCC/C=C/CC/C=C/CCCC(O)C(O)C(CO)NC(=O)C(O)CCCCCCCCCCCCC/C=C\CCCCCCCCCCCCCC. The number of hydrogen-bond acceptors (Lipinski definition) is 5. The van der Waals surface area contributed by atoms with Crippen LogP contribution in [0.2, 0.25) is 0 Å². The maximum absolute atomic E-state index is 12.6. The van der Waals surface area contributed by atoms with Crippen LogP contribution in [0.4, 0.5) is 0 Å². The van der Waals surface area contributed by atoms with Gasteiger partial charge in [-0.15, -0.1) is 0 Å². The summed E-state index contributed by atoms with van der Waals surface area (Å²) in [6.07, 6.45) is 63.5. The fourth-order valence-corrected chi connectivity index (χ4v) is 8.65. The monoisotopic (exact) mass is 888 g/mol. The third-order valence-electron chi connectivity index (χ3n) is 13.1. The van der Waals surface area contributed by atoms with Gasteiger partial charge in [0.05, 0.1) is 18.8 Å². The molecule has 0 heterocycles. The Kier molecular flexibility index (Phi) is 50.3. The predicted molar refractivity (Wildman–Crippen MR) is 274 cm³/mol. The van der Waals surface area contributed by atoms with Gasteiger partial charge in [0.25, 0.3) is 0 Å². The van der Waals surface area contributed by atoms with E-state index in [1.807, 2.05) is 0 Å². The molecule has 0 aromatic rings. The number of hydrogen-bond donors (Lipinski definition) is 5. The summed E-state index contributed by atoms with van der Waals surface area (Å²) < 4.78 is 0. The van der Waals surface area contributed by atoms with Crippen LogP contribution in [0.3, 0.4) is 0 Å². The van der Waals surface area contributed by atoms with Crippen LogP contribution in [0.5, 0.6) is 0 Å². The van der Waals surface area contributed by atoms with E-state index in [0.717, 1.165) is 38.5 Å². The van der Waals surface area contributed by atoms with Crippen molar-refractivity contribution >= 4 is 5.91 Å². The predicted octanol–water partition coefficient (Wildman–Crippen LogP) is 16.0. The van der Waals surface area contributed by atoms with Gasteiger partial charge in [-0.25, -0.2) is 0 Å².